The average molecular weight is 404 g/mol. The van der Waals surface area contributed by atoms with Crippen molar-refractivity contribution >= 4 is 10.9 Å². The van der Waals surface area contributed by atoms with Crippen molar-refractivity contribution in [2.24, 2.45) is 0 Å². The van der Waals surface area contributed by atoms with Crippen molar-refractivity contribution in [3.8, 4) is 5.69 Å². The highest BCUT2D eigenvalue weighted by Gasteiger charge is 2.39. The van der Waals surface area contributed by atoms with Gasteiger partial charge in [-0.15, -0.1) is 0 Å². The molecule has 5 aromatic rings. The quantitative estimate of drug-likeness (QED) is 0.474. The van der Waals surface area contributed by atoms with E-state index in [9.17, 15) is 9.90 Å². The van der Waals surface area contributed by atoms with Crippen molar-refractivity contribution < 1.29 is 5.11 Å². The van der Waals surface area contributed by atoms with Crippen molar-refractivity contribution in [3.63, 3.8) is 0 Å². The molecule has 1 aromatic heterocycles. The third-order valence-electron chi connectivity index (χ3n) is 5.50. The lowest BCUT2D eigenvalue weighted by molar-refractivity contribution is 0.113. The second kappa shape index (κ2) is 7.67. The lowest BCUT2D eigenvalue weighted by atomic mass is 9.85. The van der Waals surface area contributed by atoms with E-state index in [2.05, 4.69) is 0 Å². The lowest BCUT2D eigenvalue weighted by Crippen LogP contribution is -2.38. The first-order valence-electron chi connectivity index (χ1n) is 10.1. The van der Waals surface area contributed by atoms with Gasteiger partial charge in [0.05, 0.1) is 16.6 Å². The number of hydrogen-bond donors (Lipinski definition) is 1. The van der Waals surface area contributed by atoms with Gasteiger partial charge in [0.15, 0.2) is 11.4 Å². The van der Waals surface area contributed by atoms with E-state index in [0.29, 0.717) is 27.7 Å². The van der Waals surface area contributed by atoms with Crippen LogP contribution in [0.25, 0.3) is 16.6 Å². The summed E-state index contributed by atoms with van der Waals surface area (Å²) in [5, 5.41) is 12.8. The van der Waals surface area contributed by atoms with E-state index >= 15 is 0 Å². The summed E-state index contributed by atoms with van der Waals surface area (Å²) in [7, 11) is 0. The maximum absolute atomic E-state index is 13.7. The fourth-order valence-corrected chi connectivity index (χ4v) is 3.98. The predicted molar refractivity (Wildman–Crippen MR) is 122 cm³/mol. The maximum atomic E-state index is 13.7. The number of rotatable bonds is 4. The Kier molecular flexibility index (Phi) is 4.69. The zero-order chi connectivity index (χ0) is 21.3. The molecule has 0 amide bonds. The summed E-state index contributed by atoms with van der Waals surface area (Å²) in [6.45, 7) is 0. The van der Waals surface area contributed by atoms with Gasteiger partial charge in [-0.25, -0.2) is 4.98 Å². The van der Waals surface area contributed by atoms with Gasteiger partial charge in [-0.2, -0.15) is 0 Å². The summed E-state index contributed by atoms with van der Waals surface area (Å²) in [4.78, 5) is 18.5. The van der Waals surface area contributed by atoms with Crippen molar-refractivity contribution in [2.45, 2.75) is 5.60 Å². The summed E-state index contributed by atoms with van der Waals surface area (Å²) in [6, 6.07) is 35.2. The Balaban J connectivity index is 1.95. The molecular formula is C27H20N2O2. The average Bonchev–Trinajstić information content (AvgIpc) is 2.85. The molecule has 0 fully saturated rings. The monoisotopic (exact) mass is 404 g/mol. The minimum Gasteiger partial charge on any atom is -0.373 e. The van der Waals surface area contributed by atoms with Gasteiger partial charge >= 0.3 is 0 Å². The summed E-state index contributed by atoms with van der Waals surface area (Å²) in [6.07, 6.45) is 0. The van der Waals surface area contributed by atoms with Gasteiger partial charge < -0.3 is 5.11 Å². The Morgan fingerprint density at radius 1 is 0.645 bits per heavy atom. The van der Waals surface area contributed by atoms with Crippen LogP contribution in [0.5, 0.6) is 0 Å². The fraction of sp³-hybridized carbons (Fsp3) is 0.0370. The summed E-state index contributed by atoms with van der Waals surface area (Å²) in [5.74, 6) is 0.250. The largest absolute Gasteiger partial charge is 0.373 e. The minimum atomic E-state index is -1.64. The number of aromatic nitrogens is 2. The maximum Gasteiger partial charge on any atom is 0.266 e. The molecule has 0 aliphatic heterocycles. The number of aliphatic hydroxyl groups is 1. The van der Waals surface area contributed by atoms with E-state index in [4.69, 9.17) is 4.98 Å². The molecule has 0 unspecified atom stereocenters. The molecule has 0 saturated carbocycles. The van der Waals surface area contributed by atoms with Crippen LogP contribution in [0, 0.1) is 0 Å². The number of hydrogen-bond acceptors (Lipinski definition) is 3. The van der Waals surface area contributed by atoms with Gasteiger partial charge in [-0.1, -0.05) is 91.0 Å². The van der Waals surface area contributed by atoms with Crippen LogP contribution in [0.1, 0.15) is 17.0 Å². The summed E-state index contributed by atoms with van der Waals surface area (Å²) in [5.41, 5.74) is 0.589. The smallest absolute Gasteiger partial charge is 0.266 e. The molecule has 31 heavy (non-hydrogen) atoms. The van der Waals surface area contributed by atoms with E-state index in [1.807, 2.05) is 103 Å². The van der Waals surface area contributed by atoms with E-state index in [0.717, 1.165) is 0 Å². The van der Waals surface area contributed by atoms with Crippen LogP contribution >= 0.6 is 0 Å². The molecule has 0 aliphatic rings. The number of benzene rings is 4. The molecule has 0 atom stereocenters. The topological polar surface area (TPSA) is 55.1 Å². The minimum absolute atomic E-state index is 0.225. The van der Waals surface area contributed by atoms with Gasteiger partial charge in [0.2, 0.25) is 0 Å². The van der Waals surface area contributed by atoms with Crippen LogP contribution in [0.2, 0.25) is 0 Å². The normalized spacial score (nSPS) is 11.5. The van der Waals surface area contributed by atoms with Gasteiger partial charge in [0.1, 0.15) is 0 Å². The Morgan fingerprint density at radius 3 is 1.71 bits per heavy atom. The van der Waals surface area contributed by atoms with Crippen LogP contribution in [0.15, 0.2) is 120 Å². The van der Waals surface area contributed by atoms with Crippen LogP contribution in [0.3, 0.4) is 0 Å². The molecular weight excluding hydrogens is 384 g/mol. The molecule has 150 valence electrons. The van der Waals surface area contributed by atoms with Gasteiger partial charge in [0, 0.05) is 0 Å². The molecule has 4 aromatic carbocycles. The second-order valence-corrected chi connectivity index (χ2v) is 7.37. The zero-order valence-corrected chi connectivity index (χ0v) is 16.7. The van der Waals surface area contributed by atoms with Crippen molar-refractivity contribution in [1.82, 2.24) is 9.55 Å². The highest BCUT2D eigenvalue weighted by Crippen LogP contribution is 2.36. The van der Waals surface area contributed by atoms with Gasteiger partial charge in [-0.05, 0) is 35.4 Å². The van der Waals surface area contributed by atoms with Gasteiger partial charge in [-0.3, -0.25) is 9.36 Å². The first kappa shape index (κ1) is 19.0. The van der Waals surface area contributed by atoms with Crippen molar-refractivity contribution in [2.75, 3.05) is 0 Å². The highest BCUT2D eigenvalue weighted by molar-refractivity contribution is 5.78. The Labute approximate surface area is 179 Å². The van der Waals surface area contributed by atoms with Crippen LogP contribution < -0.4 is 5.56 Å². The Bertz CT molecular complexity index is 1360. The first-order valence-corrected chi connectivity index (χ1v) is 10.1. The molecule has 0 bridgehead atoms. The molecule has 1 heterocycles. The van der Waals surface area contributed by atoms with E-state index in [1.165, 1.54) is 4.57 Å². The fourth-order valence-electron chi connectivity index (χ4n) is 3.98. The SMILES string of the molecule is O=c1c2ccccc2nc(C(O)(c2ccccc2)c2ccccc2)n1-c1ccccc1. The zero-order valence-electron chi connectivity index (χ0n) is 16.7. The van der Waals surface area contributed by atoms with Gasteiger partial charge in [0.25, 0.3) is 5.56 Å². The number of fused-ring (bicyclic) bond motifs is 1. The van der Waals surface area contributed by atoms with Crippen LogP contribution in [-0.4, -0.2) is 14.7 Å². The molecule has 4 heteroatoms. The number of para-hydroxylation sites is 2. The highest BCUT2D eigenvalue weighted by atomic mass is 16.3. The Morgan fingerprint density at radius 2 is 1.13 bits per heavy atom. The van der Waals surface area contributed by atoms with E-state index < -0.39 is 5.60 Å². The third-order valence-corrected chi connectivity index (χ3v) is 5.50. The van der Waals surface area contributed by atoms with E-state index in [-0.39, 0.29) is 11.4 Å². The number of nitrogens with zero attached hydrogens (tertiary/aromatic N) is 2. The molecule has 1 N–H and O–H groups in total. The lowest BCUT2D eigenvalue weighted by Gasteiger charge is -2.31. The summed E-state index contributed by atoms with van der Waals surface area (Å²) >= 11 is 0. The molecule has 0 aliphatic carbocycles. The van der Waals surface area contributed by atoms with Crippen molar-refractivity contribution in [3.05, 3.63) is 143 Å². The van der Waals surface area contributed by atoms with Crippen LogP contribution in [-0.2, 0) is 5.60 Å². The van der Waals surface area contributed by atoms with E-state index in [1.54, 1.807) is 12.1 Å². The van der Waals surface area contributed by atoms with Crippen molar-refractivity contribution in [1.29, 1.82) is 0 Å². The molecule has 0 spiro atoms. The standard InChI is InChI=1S/C27H20N2O2/c30-25-23-18-10-11-19-24(23)28-26(29(25)22-16-8-3-9-17-22)27(31,20-12-4-1-5-13-20)21-14-6-2-7-15-21/h1-19,31H. The third kappa shape index (κ3) is 3.14. The molecule has 0 saturated heterocycles. The summed E-state index contributed by atoms with van der Waals surface area (Å²) < 4.78 is 1.52. The second-order valence-electron chi connectivity index (χ2n) is 7.37. The molecule has 4 nitrogen and oxygen atoms in total. The van der Waals surface area contributed by atoms with Crippen LogP contribution in [0.4, 0.5) is 0 Å². The molecule has 5 rings (SSSR count). The Hall–Kier alpha value is -4.02. The predicted octanol–water partition coefficient (Wildman–Crippen LogP) is 4.67. The molecule has 0 radical (unpaired) electrons. The first-order chi connectivity index (χ1) is 15.2.